The molecule has 0 bridgehead atoms. The molecule has 0 aliphatic carbocycles. The van der Waals surface area contributed by atoms with E-state index in [0.717, 1.165) is 0 Å². The first-order valence-corrected chi connectivity index (χ1v) is 3.18. The summed E-state index contributed by atoms with van der Waals surface area (Å²) in [5.74, 6) is -2.35. The van der Waals surface area contributed by atoms with Crippen molar-refractivity contribution in [3.63, 3.8) is 0 Å². The van der Waals surface area contributed by atoms with Gasteiger partial charge in [-0.05, 0) is 12.1 Å². The molecule has 6 heteroatoms. The molecule has 0 saturated heterocycles. The molecule has 72 valence electrons. The van der Waals surface area contributed by atoms with Crippen molar-refractivity contribution < 1.29 is 22.7 Å². The Balaban J connectivity index is 3.35. The SMILES string of the molecule is Nc1c(C(F)(F)F)ccc(F)c1O. The standard InChI is InChI=1S/C7H5F4NO/c8-4-2-1-3(7(9,10)11)5(12)6(4)13/h1-2,13H,12H2. The van der Waals surface area contributed by atoms with Crippen LogP contribution in [0.25, 0.3) is 0 Å². The summed E-state index contributed by atoms with van der Waals surface area (Å²) in [5.41, 5.74) is 2.62. The number of benzene rings is 1. The minimum absolute atomic E-state index is 0.477. The van der Waals surface area contributed by atoms with E-state index in [0.29, 0.717) is 12.1 Å². The average molecular weight is 195 g/mol. The number of aromatic hydroxyl groups is 1. The number of nitrogen functional groups attached to an aromatic ring is 1. The van der Waals surface area contributed by atoms with Crippen LogP contribution < -0.4 is 5.73 Å². The fourth-order valence-electron chi connectivity index (χ4n) is 0.829. The second-order valence-electron chi connectivity index (χ2n) is 2.35. The van der Waals surface area contributed by atoms with Crippen molar-refractivity contribution in [2.24, 2.45) is 0 Å². The molecule has 0 unspecified atom stereocenters. The van der Waals surface area contributed by atoms with Gasteiger partial charge in [0.1, 0.15) is 0 Å². The normalized spacial score (nSPS) is 11.7. The van der Waals surface area contributed by atoms with Crippen LogP contribution in [-0.2, 0) is 6.18 Å². The lowest BCUT2D eigenvalue weighted by Gasteiger charge is -2.10. The van der Waals surface area contributed by atoms with E-state index in [2.05, 4.69) is 0 Å². The zero-order chi connectivity index (χ0) is 10.2. The highest BCUT2D eigenvalue weighted by Gasteiger charge is 2.34. The molecule has 2 nitrogen and oxygen atoms in total. The van der Waals surface area contributed by atoms with Crippen LogP contribution in [0.5, 0.6) is 5.75 Å². The molecule has 1 aromatic rings. The van der Waals surface area contributed by atoms with Gasteiger partial charge < -0.3 is 10.8 Å². The van der Waals surface area contributed by atoms with E-state index in [9.17, 15) is 17.6 Å². The Bertz CT molecular complexity index is 334. The van der Waals surface area contributed by atoms with Crippen molar-refractivity contribution in [2.75, 3.05) is 5.73 Å². The van der Waals surface area contributed by atoms with E-state index in [4.69, 9.17) is 10.8 Å². The maximum atomic E-state index is 12.5. The van der Waals surface area contributed by atoms with Gasteiger partial charge in [0, 0.05) is 0 Å². The van der Waals surface area contributed by atoms with Crippen LogP contribution in [-0.4, -0.2) is 5.11 Å². The minimum atomic E-state index is -4.69. The summed E-state index contributed by atoms with van der Waals surface area (Å²) in [6.07, 6.45) is -4.69. The first kappa shape index (κ1) is 9.63. The first-order chi connectivity index (χ1) is 5.84. The molecular weight excluding hydrogens is 190 g/mol. The van der Waals surface area contributed by atoms with Gasteiger partial charge in [-0.2, -0.15) is 13.2 Å². The Morgan fingerprint density at radius 2 is 1.77 bits per heavy atom. The molecule has 0 saturated carbocycles. The van der Waals surface area contributed by atoms with E-state index >= 15 is 0 Å². The molecule has 0 atom stereocenters. The monoisotopic (exact) mass is 195 g/mol. The summed E-state index contributed by atoms with van der Waals surface area (Å²) in [4.78, 5) is 0. The number of anilines is 1. The van der Waals surface area contributed by atoms with Gasteiger partial charge in [0.15, 0.2) is 11.6 Å². The number of hydrogen-bond donors (Lipinski definition) is 2. The topological polar surface area (TPSA) is 46.2 Å². The van der Waals surface area contributed by atoms with Crippen molar-refractivity contribution in [1.29, 1.82) is 0 Å². The Labute approximate surface area is 70.6 Å². The van der Waals surface area contributed by atoms with E-state index in [-0.39, 0.29) is 0 Å². The number of phenolic OH excluding ortho intramolecular Hbond substituents is 1. The number of alkyl halides is 3. The molecular formula is C7H5F4NO. The van der Waals surface area contributed by atoms with Gasteiger partial charge in [0.2, 0.25) is 0 Å². The molecule has 1 rings (SSSR count). The molecule has 0 radical (unpaired) electrons. The van der Waals surface area contributed by atoms with Gasteiger partial charge >= 0.3 is 6.18 Å². The van der Waals surface area contributed by atoms with Crippen LogP contribution in [0.2, 0.25) is 0 Å². The number of nitrogens with two attached hydrogens (primary N) is 1. The van der Waals surface area contributed by atoms with Crippen molar-refractivity contribution >= 4 is 5.69 Å². The van der Waals surface area contributed by atoms with Crippen LogP contribution in [0.15, 0.2) is 12.1 Å². The number of rotatable bonds is 0. The van der Waals surface area contributed by atoms with Crippen molar-refractivity contribution in [2.45, 2.75) is 6.18 Å². The summed E-state index contributed by atoms with van der Waals surface area (Å²) in [7, 11) is 0. The fourth-order valence-corrected chi connectivity index (χ4v) is 0.829. The minimum Gasteiger partial charge on any atom is -0.503 e. The molecule has 13 heavy (non-hydrogen) atoms. The summed E-state index contributed by atoms with van der Waals surface area (Å²) >= 11 is 0. The molecule has 0 fully saturated rings. The number of hydrogen-bond acceptors (Lipinski definition) is 2. The van der Waals surface area contributed by atoms with E-state index in [1.54, 1.807) is 0 Å². The Kier molecular flexibility index (Phi) is 2.07. The highest BCUT2D eigenvalue weighted by molar-refractivity contribution is 5.59. The predicted octanol–water partition coefficient (Wildman–Crippen LogP) is 2.13. The van der Waals surface area contributed by atoms with Gasteiger partial charge in [-0.1, -0.05) is 0 Å². The second kappa shape index (κ2) is 2.79. The van der Waals surface area contributed by atoms with Crippen LogP contribution in [0.1, 0.15) is 5.56 Å². The van der Waals surface area contributed by atoms with Crippen LogP contribution in [0.3, 0.4) is 0 Å². The van der Waals surface area contributed by atoms with Crippen molar-refractivity contribution in [3.8, 4) is 5.75 Å². The zero-order valence-electron chi connectivity index (χ0n) is 6.19. The third-order valence-electron chi connectivity index (χ3n) is 1.47. The van der Waals surface area contributed by atoms with Crippen LogP contribution in [0.4, 0.5) is 23.2 Å². The molecule has 1 aromatic carbocycles. The quantitative estimate of drug-likeness (QED) is 0.378. The summed E-state index contributed by atoms with van der Waals surface area (Å²) < 4.78 is 48.6. The van der Waals surface area contributed by atoms with Crippen LogP contribution >= 0.6 is 0 Å². The number of phenols is 1. The van der Waals surface area contributed by atoms with Gasteiger partial charge in [0.05, 0.1) is 11.3 Å². The van der Waals surface area contributed by atoms with Crippen LogP contribution in [0, 0.1) is 5.82 Å². The molecule has 3 N–H and O–H groups in total. The van der Waals surface area contributed by atoms with Crippen molar-refractivity contribution in [3.05, 3.63) is 23.5 Å². The summed E-state index contributed by atoms with van der Waals surface area (Å²) in [6, 6.07) is 0.985. The van der Waals surface area contributed by atoms with Gasteiger partial charge in [-0.3, -0.25) is 0 Å². The van der Waals surface area contributed by atoms with Gasteiger partial charge in [0.25, 0.3) is 0 Å². The molecule has 0 spiro atoms. The Morgan fingerprint density at radius 1 is 1.23 bits per heavy atom. The third kappa shape index (κ3) is 1.66. The van der Waals surface area contributed by atoms with E-state index < -0.39 is 29.0 Å². The predicted molar refractivity (Wildman–Crippen MR) is 37.5 cm³/mol. The van der Waals surface area contributed by atoms with E-state index in [1.165, 1.54) is 0 Å². The largest absolute Gasteiger partial charge is 0.503 e. The number of halogens is 4. The first-order valence-electron chi connectivity index (χ1n) is 3.18. The fraction of sp³-hybridized carbons (Fsp3) is 0.143. The zero-order valence-corrected chi connectivity index (χ0v) is 6.19. The lowest BCUT2D eigenvalue weighted by molar-refractivity contribution is -0.137. The molecule has 0 aliphatic heterocycles. The smallest absolute Gasteiger partial charge is 0.418 e. The van der Waals surface area contributed by atoms with Crippen molar-refractivity contribution in [1.82, 2.24) is 0 Å². The summed E-state index contributed by atoms with van der Waals surface area (Å²) in [5, 5.41) is 8.75. The van der Waals surface area contributed by atoms with Gasteiger partial charge in [-0.25, -0.2) is 4.39 Å². The summed E-state index contributed by atoms with van der Waals surface area (Å²) in [6.45, 7) is 0. The Morgan fingerprint density at radius 3 is 2.23 bits per heavy atom. The molecule has 0 heterocycles. The lowest BCUT2D eigenvalue weighted by atomic mass is 10.1. The Hall–Kier alpha value is -1.46. The van der Waals surface area contributed by atoms with Gasteiger partial charge in [-0.15, -0.1) is 0 Å². The maximum absolute atomic E-state index is 12.5. The molecule has 0 amide bonds. The average Bonchev–Trinajstić information content (AvgIpc) is 1.98. The third-order valence-corrected chi connectivity index (χ3v) is 1.47. The van der Waals surface area contributed by atoms with E-state index in [1.807, 2.05) is 0 Å². The molecule has 0 aromatic heterocycles. The highest BCUT2D eigenvalue weighted by atomic mass is 19.4. The lowest BCUT2D eigenvalue weighted by Crippen LogP contribution is -2.09. The maximum Gasteiger partial charge on any atom is 0.418 e. The molecule has 0 aliphatic rings. The second-order valence-corrected chi connectivity index (χ2v) is 2.35. The highest BCUT2D eigenvalue weighted by Crippen LogP contribution is 2.38.